The van der Waals surface area contributed by atoms with Crippen LogP contribution < -0.4 is 14.2 Å². The summed E-state index contributed by atoms with van der Waals surface area (Å²) in [5.41, 5.74) is 5.38. The van der Waals surface area contributed by atoms with Gasteiger partial charge in [-0.1, -0.05) is 92.7 Å². The number of nitrogens with zero attached hydrogens (tertiary/aromatic N) is 2. The van der Waals surface area contributed by atoms with Crippen LogP contribution >= 0.6 is 0 Å². The first-order chi connectivity index (χ1) is 32.2. The quantitative estimate of drug-likeness (QED) is 0.0584. The molecule has 2 amide bonds. The Hall–Kier alpha value is -7.20. The van der Waals surface area contributed by atoms with Gasteiger partial charge in [-0.2, -0.15) is 0 Å². The van der Waals surface area contributed by atoms with E-state index in [1.807, 2.05) is 141 Å². The monoisotopic (exact) mass is 884 g/mol. The highest BCUT2D eigenvalue weighted by molar-refractivity contribution is 5.95. The fraction of sp³-hybridized carbons (Fsp3) is 0.286. The molecule has 8 rings (SSSR count). The predicted molar refractivity (Wildman–Crippen MR) is 252 cm³/mol. The van der Waals surface area contributed by atoms with Gasteiger partial charge in [0.1, 0.15) is 35.4 Å². The van der Waals surface area contributed by atoms with Crippen LogP contribution in [0.5, 0.6) is 28.7 Å². The van der Waals surface area contributed by atoms with Crippen molar-refractivity contribution in [2.45, 2.75) is 72.1 Å². The second-order valence-corrected chi connectivity index (χ2v) is 17.1. The number of carbonyl (C=O) groups excluding carboxylic acids is 4. The molecule has 3 unspecified atom stereocenters. The lowest BCUT2D eigenvalue weighted by Crippen LogP contribution is -2.57. The van der Waals surface area contributed by atoms with Crippen molar-refractivity contribution >= 4 is 23.8 Å². The molecular weight excluding hydrogens is 829 g/mol. The van der Waals surface area contributed by atoms with Crippen molar-refractivity contribution in [1.82, 2.24) is 9.80 Å². The van der Waals surface area contributed by atoms with Gasteiger partial charge >= 0.3 is 11.9 Å². The van der Waals surface area contributed by atoms with Crippen molar-refractivity contribution in [1.29, 1.82) is 0 Å². The molecular formula is C56H56N2O8. The minimum atomic E-state index is -0.908. The number of hydrogen-bond donors (Lipinski definition) is 0. The molecule has 0 aromatic heterocycles. The first-order valence-electron chi connectivity index (χ1n) is 23.1. The molecule has 1 saturated carbocycles. The number of benzene rings is 6. The van der Waals surface area contributed by atoms with E-state index in [-0.39, 0.29) is 24.8 Å². The van der Waals surface area contributed by atoms with Gasteiger partial charge in [-0.25, -0.2) is 4.79 Å². The molecule has 0 N–H and O–H groups in total. The van der Waals surface area contributed by atoms with E-state index in [2.05, 4.69) is 0 Å². The van der Waals surface area contributed by atoms with Crippen LogP contribution in [-0.2, 0) is 51.7 Å². The number of rotatable bonds is 19. The van der Waals surface area contributed by atoms with Crippen LogP contribution in [0, 0.1) is 17.8 Å². The molecule has 10 nitrogen and oxygen atoms in total. The first-order valence-corrected chi connectivity index (χ1v) is 23.1. The lowest BCUT2D eigenvalue weighted by Gasteiger charge is -2.45. The third kappa shape index (κ3) is 11.4. The molecule has 338 valence electrons. The third-order valence-corrected chi connectivity index (χ3v) is 12.3. The maximum atomic E-state index is 14.8. The van der Waals surface area contributed by atoms with Gasteiger partial charge in [0.2, 0.25) is 11.8 Å². The summed E-state index contributed by atoms with van der Waals surface area (Å²) in [6, 6.07) is 46.9. The molecule has 6 aromatic carbocycles. The average Bonchev–Trinajstić information content (AvgIpc) is 3.80. The summed E-state index contributed by atoms with van der Waals surface area (Å²) in [5, 5.41) is 0. The predicted octanol–water partition coefficient (Wildman–Crippen LogP) is 11.2. The Morgan fingerprint density at radius 2 is 1.03 bits per heavy atom. The Balaban J connectivity index is 0.958. The van der Waals surface area contributed by atoms with E-state index in [0.717, 1.165) is 41.9 Å². The number of ether oxygens (including phenoxy) is 4. The Morgan fingerprint density at radius 1 is 0.530 bits per heavy atom. The standard InChI is InChI=1S/C56H56N2O8/c1-3-32-57(36-39-20-27-47(28-21-39)64-45-14-7-5-8-15-45)53(59)50-35-51(52(50)54(60)58(33-4-2)37-40-22-29-48(30-23-40)65-46-16-9-6-10-17-46)56(62)63-38-41-18-24-43(25-19-41)55(61)66-49-31-26-42-12-11-13-44(42)34-49/h5-10,14-31,34,50-52H,3-4,11-13,32-33,35-38H2,1-2H3. The minimum absolute atomic E-state index is 0.0585. The van der Waals surface area contributed by atoms with Crippen LogP contribution in [-0.4, -0.2) is 46.6 Å². The fourth-order valence-electron chi connectivity index (χ4n) is 8.80. The van der Waals surface area contributed by atoms with E-state index in [4.69, 9.17) is 18.9 Å². The summed E-state index contributed by atoms with van der Waals surface area (Å²) >= 11 is 0. The Labute approximate surface area is 387 Å². The van der Waals surface area contributed by atoms with Crippen molar-refractivity contribution in [3.8, 4) is 28.7 Å². The van der Waals surface area contributed by atoms with Crippen molar-refractivity contribution in [3.05, 3.63) is 185 Å². The van der Waals surface area contributed by atoms with E-state index < -0.39 is 29.7 Å². The van der Waals surface area contributed by atoms with Crippen molar-refractivity contribution in [2.75, 3.05) is 13.1 Å². The highest BCUT2D eigenvalue weighted by atomic mass is 16.5. The van der Waals surface area contributed by atoms with Gasteiger partial charge in [0.05, 0.1) is 23.3 Å². The van der Waals surface area contributed by atoms with E-state index in [1.165, 1.54) is 11.1 Å². The molecule has 0 bridgehead atoms. The number of esters is 2. The Morgan fingerprint density at radius 3 is 1.59 bits per heavy atom. The van der Waals surface area contributed by atoms with Crippen LogP contribution in [0.3, 0.4) is 0 Å². The zero-order chi connectivity index (χ0) is 45.8. The summed E-state index contributed by atoms with van der Waals surface area (Å²) in [5.74, 6) is -0.523. The van der Waals surface area contributed by atoms with Gasteiger partial charge in [-0.15, -0.1) is 0 Å². The van der Waals surface area contributed by atoms with Gasteiger partial charge in [0, 0.05) is 26.2 Å². The normalized spacial score (nSPS) is 16.0. The van der Waals surface area contributed by atoms with E-state index in [9.17, 15) is 19.2 Å². The number of carbonyl (C=O) groups is 4. The zero-order valence-electron chi connectivity index (χ0n) is 37.6. The molecule has 0 heterocycles. The molecule has 0 aliphatic heterocycles. The molecule has 2 aliphatic carbocycles. The van der Waals surface area contributed by atoms with E-state index in [1.54, 1.807) is 34.1 Å². The highest BCUT2D eigenvalue weighted by Crippen LogP contribution is 2.44. The number of para-hydroxylation sites is 2. The Kier molecular flexibility index (Phi) is 14.9. The van der Waals surface area contributed by atoms with E-state index in [0.29, 0.717) is 67.4 Å². The molecule has 3 atom stereocenters. The second-order valence-electron chi connectivity index (χ2n) is 17.1. The van der Waals surface area contributed by atoms with Crippen molar-refractivity contribution in [2.24, 2.45) is 17.8 Å². The van der Waals surface area contributed by atoms with Crippen LogP contribution in [0.1, 0.15) is 77.7 Å². The van der Waals surface area contributed by atoms with E-state index >= 15 is 0 Å². The van der Waals surface area contributed by atoms with Gasteiger partial charge in [-0.05, 0) is 139 Å². The number of amides is 2. The summed E-state index contributed by atoms with van der Waals surface area (Å²) in [4.78, 5) is 60.0. The topological polar surface area (TPSA) is 112 Å². The largest absolute Gasteiger partial charge is 0.461 e. The summed E-state index contributed by atoms with van der Waals surface area (Å²) in [7, 11) is 0. The third-order valence-electron chi connectivity index (χ3n) is 12.3. The fourth-order valence-corrected chi connectivity index (χ4v) is 8.80. The van der Waals surface area contributed by atoms with Crippen molar-refractivity contribution < 1.29 is 38.1 Å². The van der Waals surface area contributed by atoms with Crippen LogP contribution in [0.15, 0.2) is 152 Å². The zero-order valence-corrected chi connectivity index (χ0v) is 37.6. The molecule has 6 aromatic rings. The summed E-state index contributed by atoms with van der Waals surface area (Å²) in [6.45, 7) is 5.54. The van der Waals surface area contributed by atoms with Gasteiger partial charge < -0.3 is 28.7 Å². The first kappa shape index (κ1) is 45.4. The molecule has 2 aliphatic rings. The molecule has 0 saturated heterocycles. The number of hydrogen-bond acceptors (Lipinski definition) is 8. The number of fused-ring (bicyclic) bond motifs is 1. The lowest BCUT2D eigenvalue weighted by molar-refractivity contribution is -0.173. The molecule has 0 radical (unpaired) electrons. The summed E-state index contributed by atoms with van der Waals surface area (Å²) in [6.07, 6.45) is 4.73. The minimum Gasteiger partial charge on any atom is -0.461 e. The van der Waals surface area contributed by atoms with Gasteiger partial charge in [0.15, 0.2) is 0 Å². The van der Waals surface area contributed by atoms with Crippen LogP contribution in [0.4, 0.5) is 0 Å². The van der Waals surface area contributed by atoms with Crippen LogP contribution in [0.25, 0.3) is 0 Å². The highest BCUT2D eigenvalue weighted by Gasteiger charge is 2.55. The second kappa shape index (κ2) is 21.7. The van der Waals surface area contributed by atoms with Crippen LogP contribution in [0.2, 0.25) is 0 Å². The van der Waals surface area contributed by atoms with Crippen molar-refractivity contribution in [3.63, 3.8) is 0 Å². The average molecular weight is 885 g/mol. The smallest absolute Gasteiger partial charge is 0.343 e. The lowest BCUT2D eigenvalue weighted by atomic mass is 9.63. The molecule has 10 heteroatoms. The Bertz CT molecular complexity index is 2580. The molecule has 0 spiro atoms. The maximum Gasteiger partial charge on any atom is 0.343 e. The SMILES string of the molecule is CCCN(Cc1ccc(Oc2ccccc2)cc1)C(=O)C1CC(C(=O)OCc2ccc(C(=O)Oc3ccc4c(c3)CCC4)cc2)C1C(=O)N(CCC)Cc1ccc(Oc2ccccc2)cc1. The molecule has 1 fully saturated rings. The number of aryl methyl sites for hydroxylation is 2. The maximum absolute atomic E-state index is 14.8. The summed E-state index contributed by atoms with van der Waals surface area (Å²) < 4.78 is 23.5. The van der Waals surface area contributed by atoms with Gasteiger partial charge in [0.25, 0.3) is 0 Å². The van der Waals surface area contributed by atoms with Gasteiger partial charge in [-0.3, -0.25) is 14.4 Å². The molecule has 66 heavy (non-hydrogen) atoms.